The second-order valence-corrected chi connectivity index (χ2v) is 4.14. The molecule has 1 atom stereocenters. The Hall–Kier alpha value is -0.870. The average molecular weight is 298 g/mol. The maximum absolute atomic E-state index is 12.9. The SMILES string of the molecule is Cl.NC(=O)C(CCCCl)c1ccc(F)cc1CF. The molecule has 1 aromatic rings. The number of rotatable bonds is 6. The zero-order valence-corrected chi connectivity index (χ0v) is 11.2. The van der Waals surface area contributed by atoms with Crippen LogP contribution in [0.4, 0.5) is 8.78 Å². The Morgan fingerprint density at radius 2 is 2.11 bits per heavy atom. The quantitative estimate of drug-likeness (QED) is 0.804. The summed E-state index contributed by atoms with van der Waals surface area (Å²) in [6.07, 6.45) is 1.04. The molecule has 102 valence electrons. The molecular weight excluding hydrogens is 283 g/mol. The summed E-state index contributed by atoms with van der Waals surface area (Å²) in [5.74, 6) is -1.28. The van der Waals surface area contributed by atoms with Gasteiger partial charge in [-0.3, -0.25) is 4.79 Å². The van der Waals surface area contributed by atoms with Crippen LogP contribution in [0.25, 0.3) is 0 Å². The second kappa shape index (κ2) is 8.27. The fourth-order valence-electron chi connectivity index (χ4n) is 1.76. The van der Waals surface area contributed by atoms with Gasteiger partial charge in [-0.05, 0) is 36.1 Å². The first-order valence-corrected chi connectivity index (χ1v) is 5.83. The minimum atomic E-state index is -0.822. The summed E-state index contributed by atoms with van der Waals surface area (Å²) >= 11 is 5.55. The molecule has 0 radical (unpaired) electrons. The van der Waals surface area contributed by atoms with E-state index in [1.165, 1.54) is 12.1 Å². The van der Waals surface area contributed by atoms with Gasteiger partial charge in [-0.15, -0.1) is 24.0 Å². The maximum Gasteiger partial charge on any atom is 0.224 e. The zero-order valence-electron chi connectivity index (χ0n) is 9.67. The zero-order chi connectivity index (χ0) is 12.8. The van der Waals surface area contributed by atoms with Gasteiger partial charge in [-0.2, -0.15) is 0 Å². The van der Waals surface area contributed by atoms with E-state index in [4.69, 9.17) is 17.3 Å². The van der Waals surface area contributed by atoms with Crippen molar-refractivity contribution in [3.8, 4) is 0 Å². The number of halogens is 4. The molecule has 0 bridgehead atoms. The van der Waals surface area contributed by atoms with Crippen LogP contribution in [0.1, 0.15) is 29.9 Å². The molecule has 0 aliphatic carbocycles. The first kappa shape index (κ1) is 17.1. The highest BCUT2D eigenvalue weighted by atomic mass is 35.5. The Kier molecular flexibility index (Phi) is 7.87. The lowest BCUT2D eigenvalue weighted by atomic mass is 9.90. The van der Waals surface area contributed by atoms with Gasteiger partial charge in [-0.25, -0.2) is 8.78 Å². The van der Waals surface area contributed by atoms with Crippen molar-refractivity contribution in [2.75, 3.05) is 5.88 Å². The first-order valence-electron chi connectivity index (χ1n) is 5.29. The summed E-state index contributed by atoms with van der Waals surface area (Å²) in [4.78, 5) is 11.3. The highest BCUT2D eigenvalue weighted by Gasteiger charge is 2.20. The van der Waals surface area contributed by atoms with E-state index < -0.39 is 24.3 Å². The Labute approximate surface area is 116 Å². The molecule has 1 aromatic carbocycles. The van der Waals surface area contributed by atoms with Crippen molar-refractivity contribution in [3.63, 3.8) is 0 Å². The van der Waals surface area contributed by atoms with Gasteiger partial charge >= 0.3 is 0 Å². The molecule has 0 fully saturated rings. The standard InChI is InChI=1S/C12H14ClF2NO.ClH/c13-5-1-2-11(12(16)17)10-4-3-9(15)6-8(10)7-14;/h3-4,6,11H,1-2,5,7H2,(H2,16,17);1H. The van der Waals surface area contributed by atoms with Gasteiger partial charge in [0.05, 0.1) is 5.92 Å². The predicted molar refractivity (Wildman–Crippen MR) is 70.3 cm³/mol. The van der Waals surface area contributed by atoms with E-state index in [0.29, 0.717) is 24.3 Å². The molecule has 0 spiro atoms. The number of nitrogens with two attached hydrogens (primary N) is 1. The summed E-state index contributed by atoms with van der Waals surface area (Å²) in [5, 5.41) is 0. The number of hydrogen-bond donors (Lipinski definition) is 1. The molecule has 2 nitrogen and oxygen atoms in total. The van der Waals surface area contributed by atoms with Crippen LogP contribution < -0.4 is 5.73 Å². The largest absolute Gasteiger partial charge is 0.369 e. The highest BCUT2D eigenvalue weighted by Crippen LogP contribution is 2.26. The lowest BCUT2D eigenvalue weighted by Crippen LogP contribution is -2.22. The number of alkyl halides is 2. The summed E-state index contributed by atoms with van der Waals surface area (Å²) in [6, 6.07) is 3.70. The topological polar surface area (TPSA) is 43.1 Å². The van der Waals surface area contributed by atoms with E-state index >= 15 is 0 Å². The van der Waals surface area contributed by atoms with E-state index in [0.717, 1.165) is 6.07 Å². The number of hydrogen-bond acceptors (Lipinski definition) is 1. The first-order chi connectivity index (χ1) is 8.10. The van der Waals surface area contributed by atoms with E-state index in [-0.39, 0.29) is 18.0 Å². The average Bonchev–Trinajstić information content (AvgIpc) is 2.30. The number of carbonyl (C=O) groups is 1. The smallest absolute Gasteiger partial charge is 0.224 e. The summed E-state index contributed by atoms with van der Waals surface area (Å²) in [7, 11) is 0. The van der Waals surface area contributed by atoms with Crippen LogP contribution >= 0.6 is 24.0 Å². The molecule has 0 heterocycles. The molecule has 1 amide bonds. The van der Waals surface area contributed by atoms with Crippen molar-refractivity contribution >= 4 is 29.9 Å². The van der Waals surface area contributed by atoms with Crippen LogP contribution in [0.5, 0.6) is 0 Å². The van der Waals surface area contributed by atoms with E-state index in [9.17, 15) is 13.6 Å². The van der Waals surface area contributed by atoms with Gasteiger partial charge < -0.3 is 5.73 Å². The second-order valence-electron chi connectivity index (χ2n) is 3.76. The normalized spacial score (nSPS) is 11.7. The molecule has 1 rings (SSSR count). The monoisotopic (exact) mass is 297 g/mol. The van der Waals surface area contributed by atoms with Crippen LogP contribution in [-0.2, 0) is 11.5 Å². The molecular formula is C12H15Cl2F2NO. The van der Waals surface area contributed by atoms with E-state index in [1.54, 1.807) is 0 Å². The van der Waals surface area contributed by atoms with Crippen LogP contribution in [0.15, 0.2) is 18.2 Å². The van der Waals surface area contributed by atoms with Gasteiger partial charge in [0.25, 0.3) is 0 Å². The van der Waals surface area contributed by atoms with E-state index in [2.05, 4.69) is 0 Å². The third kappa shape index (κ3) is 4.42. The molecule has 0 aliphatic heterocycles. The van der Waals surface area contributed by atoms with Crippen LogP contribution in [0.2, 0.25) is 0 Å². The molecule has 18 heavy (non-hydrogen) atoms. The Balaban J connectivity index is 0.00000289. The van der Waals surface area contributed by atoms with Gasteiger partial charge in [-0.1, -0.05) is 6.07 Å². The third-order valence-electron chi connectivity index (χ3n) is 2.59. The lowest BCUT2D eigenvalue weighted by molar-refractivity contribution is -0.119. The van der Waals surface area contributed by atoms with Crippen molar-refractivity contribution in [1.29, 1.82) is 0 Å². The molecule has 6 heteroatoms. The van der Waals surface area contributed by atoms with Crippen molar-refractivity contribution in [1.82, 2.24) is 0 Å². The summed E-state index contributed by atoms with van der Waals surface area (Å²) in [6.45, 7) is -0.822. The predicted octanol–water partition coefficient (Wildman–Crippen LogP) is 3.30. The van der Waals surface area contributed by atoms with Crippen molar-refractivity contribution in [2.24, 2.45) is 5.73 Å². The maximum atomic E-state index is 12.9. The van der Waals surface area contributed by atoms with Crippen molar-refractivity contribution in [2.45, 2.75) is 25.4 Å². The van der Waals surface area contributed by atoms with Gasteiger partial charge in [0.15, 0.2) is 0 Å². The molecule has 1 unspecified atom stereocenters. The third-order valence-corrected chi connectivity index (χ3v) is 2.86. The molecule has 2 N–H and O–H groups in total. The number of benzene rings is 1. The fourth-order valence-corrected chi connectivity index (χ4v) is 1.92. The van der Waals surface area contributed by atoms with E-state index in [1.807, 2.05) is 0 Å². The number of carbonyl (C=O) groups excluding carboxylic acids is 1. The Morgan fingerprint density at radius 1 is 1.44 bits per heavy atom. The molecule has 0 aromatic heterocycles. The van der Waals surface area contributed by atoms with Gasteiger partial charge in [0.1, 0.15) is 12.5 Å². The van der Waals surface area contributed by atoms with Gasteiger partial charge in [0.2, 0.25) is 5.91 Å². The molecule has 0 aliphatic rings. The highest BCUT2D eigenvalue weighted by molar-refractivity contribution is 6.17. The number of primary amides is 1. The summed E-state index contributed by atoms with van der Waals surface area (Å²) < 4.78 is 25.7. The Bertz CT molecular complexity index is 402. The van der Waals surface area contributed by atoms with Gasteiger partial charge in [0, 0.05) is 5.88 Å². The molecule has 0 saturated carbocycles. The van der Waals surface area contributed by atoms with Crippen molar-refractivity contribution in [3.05, 3.63) is 35.1 Å². The van der Waals surface area contributed by atoms with Crippen LogP contribution in [0, 0.1) is 5.82 Å². The van der Waals surface area contributed by atoms with Crippen LogP contribution in [0.3, 0.4) is 0 Å². The lowest BCUT2D eigenvalue weighted by Gasteiger charge is -2.16. The summed E-state index contributed by atoms with van der Waals surface area (Å²) in [5.41, 5.74) is 5.89. The van der Waals surface area contributed by atoms with Crippen molar-refractivity contribution < 1.29 is 13.6 Å². The molecule has 0 saturated heterocycles. The minimum absolute atomic E-state index is 0. The fraction of sp³-hybridized carbons (Fsp3) is 0.417. The minimum Gasteiger partial charge on any atom is -0.369 e. The van der Waals surface area contributed by atoms with Crippen LogP contribution in [-0.4, -0.2) is 11.8 Å². The number of amides is 1. The Morgan fingerprint density at radius 3 is 2.61 bits per heavy atom.